The van der Waals surface area contributed by atoms with Crippen LogP contribution in [0, 0.1) is 5.82 Å². The lowest BCUT2D eigenvalue weighted by Gasteiger charge is -2.36. The minimum absolute atomic E-state index is 0.00851. The third-order valence-corrected chi connectivity index (χ3v) is 8.24. The molecule has 2 heterocycles. The lowest BCUT2D eigenvalue weighted by atomic mass is 10.1. The summed E-state index contributed by atoms with van der Waals surface area (Å²) in [6.07, 6.45) is 2.79. The lowest BCUT2D eigenvalue weighted by molar-refractivity contribution is 0.0746. The number of benzene rings is 2. The van der Waals surface area contributed by atoms with Crippen LogP contribution in [0.1, 0.15) is 36.5 Å². The van der Waals surface area contributed by atoms with Crippen molar-refractivity contribution in [1.29, 1.82) is 0 Å². The van der Waals surface area contributed by atoms with E-state index in [0.717, 1.165) is 19.3 Å². The van der Waals surface area contributed by atoms with Crippen molar-refractivity contribution in [2.75, 3.05) is 37.6 Å². The molecule has 0 aromatic heterocycles. The monoisotopic (exact) mass is 445 g/mol. The number of anilines is 1. The summed E-state index contributed by atoms with van der Waals surface area (Å²) in [5, 5.41) is 0. The van der Waals surface area contributed by atoms with Gasteiger partial charge in [-0.2, -0.15) is 4.31 Å². The molecule has 1 atom stereocenters. The number of carbonyl (C=O) groups excluding carboxylic acids is 1. The van der Waals surface area contributed by atoms with Gasteiger partial charge >= 0.3 is 0 Å². The third kappa shape index (κ3) is 4.45. The van der Waals surface area contributed by atoms with Gasteiger partial charge in [0.25, 0.3) is 5.91 Å². The summed E-state index contributed by atoms with van der Waals surface area (Å²) in [6.45, 7) is 4.54. The Hall–Kier alpha value is -2.45. The molecule has 0 aliphatic carbocycles. The van der Waals surface area contributed by atoms with Crippen molar-refractivity contribution in [2.45, 2.75) is 37.1 Å². The highest BCUT2D eigenvalue weighted by molar-refractivity contribution is 7.89. The molecule has 2 aromatic rings. The second-order valence-electron chi connectivity index (χ2n) is 8.22. The molecule has 2 saturated heterocycles. The largest absolute Gasteiger partial charge is 0.366 e. The van der Waals surface area contributed by atoms with Gasteiger partial charge in [0.1, 0.15) is 5.82 Å². The fourth-order valence-electron chi connectivity index (χ4n) is 4.37. The van der Waals surface area contributed by atoms with Crippen molar-refractivity contribution in [3.8, 4) is 0 Å². The van der Waals surface area contributed by atoms with Crippen LogP contribution in [0.3, 0.4) is 0 Å². The number of amides is 1. The molecule has 4 rings (SSSR count). The number of carbonyl (C=O) groups is 1. The van der Waals surface area contributed by atoms with Gasteiger partial charge in [0.15, 0.2) is 0 Å². The van der Waals surface area contributed by atoms with Gasteiger partial charge in [0.05, 0.1) is 10.6 Å². The van der Waals surface area contributed by atoms with Crippen molar-refractivity contribution in [3.05, 3.63) is 59.9 Å². The van der Waals surface area contributed by atoms with E-state index in [9.17, 15) is 17.6 Å². The van der Waals surface area contributed by atoms with Crippen LogP contribution in [0.15, 0.2) is 53.4 Å². The van der Waals surface area contributed by atoms with E-state index in [1.165, 1.54) is 18.2 Å². The van der Waals surface area contributed by atoms with Crippen LogP contribution in [-0.4, -0.2) is 62.3 Å². The SMILES string of the molecule is CC1CCCCN1S(=O)(=O)c1ccc(C(=O)N2CCN(c3ccccc3F)CC2)cc1. The third-order valence-electron chi connectivity index (χ3n) is 6.21. The molecule has 0 saturated carbocycles. The highest BCUT2D eigenvalue weighted by atomic mass is 32.2. The van der Waals surface area contributed by atoms with Crippen LogP contribution >= 0.6 is 0 Å². The van der Waals surface area contributed by atoms with E-state index < -0.39 is 10.0 Å². The van der Waals surface area contributed by atoms with Gasteiger partial charge in [0.2, 0.25) is 10.0 Å². The first-order valence-electron chi connectivity index (χ1n) is 10.8. The smallest absolute Gasteiger partial charge is 0.253 e. The molecule has 2 aromatic carbocycles. The molecule has 2 fully saturated rings. The zero-order chi connectivity index (χ0) is 22.0. The minimum atomic E-state index is -3.55. The second-order valence-corrected chi connectivity index (χ2v) is 10.1. The Morgan fingerprint density at radius 3 is 2.26 bits per heavy atom. The number of hydrogen-bond acceptors (Lipinski definition) is 4. The summed E-state index contributed by atoms with van der Waals surface area (Å²) < 4.78 is 41.5. The van der Waals surface area contributed by atoms with Crippen molar-refractivity contribution in [3.63, 3.8) is 0 Å². The number of para-hydroxylation sites is 1. The molecule has 1 unspecified atom stereocenters. The molecule has 1 amide bonds. The first kappa shape index (κ1) is 21.8. The first-order chi connectivity index (χ1) is 14.9. The molecule has 0 spiro atoms. The van der Waals surface area contributed by atoms with Gasteiger partial charge in [-0.3, -0.25) is 4.79 Å². The maximum absolute atomic E-state index is 14.0. The zero-order valence-electron chi connectivity index (χ0n) is 17.7. The van der Waals surface area contributed by atoms with E-state index in [4.69, 9.17) is 0 Å². The zero-order valence-corrected chi connectivity index (χ0v) is 18.5. The van der Waals surface area contributed by atoms with Gasteiger partial charge in [-0.05, 0) is 56.2 Å². The molecule has 0 radical (unpaired) electrons. The predicted octanol–water partition coefficient (Wildman–Crippen LogP) is 3.35. The summed E-state index contributed by atoms with van der Waals surface area (Å²) in [4.78, 5) is 16.8. The highest BCUT2D eigenvalue weighted by Gasteiger charge is 2.31. The minimum Gasteiger partial charge on any atom is -0.366 e. The Labute approximate surface area is 183 Å². The maximum Gasteiger partial charge on any atom is 0.253 e. The Bertz CT molecular complexity index is 1030. The average molecular weight is 446 g/mol. The van der Waals surface area contributed by atoms with E-state index in [1.54, 1.807) is 39.5 Å². The summed E-state index contributed by atoms with van der Waals surface area (Å²) >= 11 is 0. The van der Waals surface area contributed by atoms with Gasteiger partial charge in [-0.25, -0.2) is 12.8 Å². The van der Waals surface area contributed by atoms with Crippen molar-refractivity contribution < 1.29 is 17.6 Å². The van der Waals surface area contributed by atoms with Crippen LogP contribution < -0.4 is 4.90 Å². The highest BCUT2D eigenvalue weighted by Crippen LogP contribution is 2.26. The quantitative estimate of drug-likeness (QED) is 0.724. The van der Waals surface area contributed by atoms with E-state index in [1.807, 2.05) is 11.8 Å². The number of halogens is 1. The number of piperidine rings is 1. The number of hydrogen-bond donors (Lipinski definition) is 0. The van der Waals surface area contributed by atoms with E-state index >= 15 is 0 Å². The summed E-state index contributed by atoms with van der Waals surface area (Å²) in [5.41, 5.74) is 1.01. The molecule has 166 valence electrons. The van der Waals surface area contributed by atoms with Crippen molar-refractivity contribution in [2.24, 2.45) is 0 Å². The molecule has 31 heavy (non-hydrogen) atoms. The average Bonchev–Trinajstić information content (AvgIpc) is 2.79. The topological polar surface area (TPSA) is 60.9 Å². The summed E-state index contributed by atoms with van der Waals surface area (Å²) in [5.74, 6) is -0.398. The molecule has 2 aliphatic heterocycles. The van der Waals surface area contributed by atoms with Crippen LogP contribution in [0.5, 0.6) is 0 Å². The maximum atomic E-state index is 14.0. The molecular formula is C23H28FN3O3S. The Kier molecular flexibility index (Phi) is 6.29. The number of rotatable bonds is 4. The molecule has 0 N–H and O–H groups in total. The predicted molar refractivity (Wildman–Crippen MR) is 118 cm³/mol. The number of piperazine rings is 1. The van der Waals surface area contributed by atoms with Gasteiger partial charge < -0.3 is 9.80 Å². The van der Waals surface area contributed by atoms with Crippen molar-refractivity contribution in [1.82, 2.24) is 9.21 Å². The lowest BCUT2D eigenvalue weighted by Crippen LogP contribution is -2.49. The first-order valence-corrected chi connectivity index (χ1v) is 12.2. The molecular weight excluding hydrogens is 417 g/mol. The Balaban J connectivity index is 1.41. The van der Waals surface area contributed by atoms with Crippen molar-refractivity contribution >= 4 is 21.6 Å². The van der Waals surface area contributed by atoms with Gasteiger partial charge in [0, 0.05) is 44.3 Å². The Morgan fingerprint density at radius 1 is 0.935 bits per heavy atom. The molecule has 6 nitrogen and oxygen atoms in total. The normalized spacial score (nSPS) is 20.6. The van der Waals surface area contributed by atoms with E-state index in [-0.39, 0.29) is 22.7 Å². The van der Waals surface area contributed by atoms with E-state index in [0.29, 0.717) is 44.0 Å². The fourth-order valence-corrected chi connectivity index (χ4v) is 6.07. The van der Waals surface area contributed by atoms with Crippen LogP contribution in [-0.2, 0) is 10.0 Å². The molecule has 8 heteroatoms. The number of nitrogens with zero attached hydrogens (tertiary/aromatic N) is 3. The summed E-state index contributed by atoms with van der Waals surface area (Å²) in [7, 11) is -3.55. The Morgan fingerprint density at radius 2 is 1.61 bits per heavy atom. The van der Waals surface area contributed by atoms with E-state index in [2.05, 4.69) is 0 Å². The van der Waals surface area contributed by atoms with Crippen LogP contribution in [0.2, 0.25) is 0 Å². The van der Waals surface area contributed by atoms with Gasteiger partial charge in [-0.1, -0.05) is 18.6 Å². The fraction of sp³-hybridized carbons (Fsp3) is 0.435. The summed E-state index contributed by atoms with van der Waals surface area (Å²) in [6, 6.07) is 12.9. The second kappa shape index (κ2) is 8.96. The standard InChI is InChI=1S/C23H28FN3O3S/c1-18-6-4-5-13-27(18)31(29,30)20-11-9-19(10-12-20)23(28)26-16-14-25(15-17-26)22-8-3-2-7-21(22)24/h2-3,7-12,18H,4-6,13-17H2,1H3. The van der Waals surface area contributed by atoms with Crippen LogP contribution in [0.25, 0.3) is 0 Å². The van der Waals surface area contributed by atoms with Crippen LogP contribution in [0.4, 0.5) is 10.1 Å². The van der Waals surface area contributed by atoms with Gasteiger partial charge in [-0.15, -0.1) is 0 Å². The molecule has 0 bridgehead atoms. The number of sulfonamides is 1. The molecule has 2 aliphatic rings.